The van der Waals surface area contributed by atoms with Crippen molar-refractivity contribution >= 4 is 22.9 Å². The molecular formula is C15H13N5O2. The Labute approximate surface area is 125 Å². The molecule has 3 heterocycles. The number of ether oxygens (including phenoxy) is 1. The second kappa shape index (κ2) is 4.73. The average Bonchev–Trinajstić information content (AvgIpc) is 2.84. The monoisotopic (exact) mass is 295 g/mol. The molecule has 4 rings (SSSR count). The molecule has 0 fully saturated rings. The Kier molecular flexibility index (Phi) is 2.72. The number of benzene rings is 1. The van der Waals surface area contributed by atoms with Crippen LogP contribution in [-0.2, 0) is 0 Å². The third kappa shape index (κ3) is 1.95. The zero-order chi connectivity index (χ0) is 15.1. The van der Waals surface area contributed by atoms with E-state index in [0.29, 0.717) is 30.1 Å². The maximum atomic E-state index is 11.9. The molecule has 1 amide bonds. The van der Waals surface area contributed by atoms with Crippen molar-refractivity contribution in [1.29, 1.82) is 0 Å². The summed E-state index contributed by atoms with van der Waals surface area (Å²) in [4.78, 5) is 23.2. The highest BCUT2D eigenvalue weighted by molar-refractivity contribution is 5.99. The van der Waals surface area contributed by atoms with Gasteiger partial charge < -0.3 is 20.8 Å². The number of H-pyrrole nitrogens is 1. The lowest BCUT2D eigenvalue weighted by Gasteiger charge is -2.07. The van der Waals surface area contributed by atoms with E-state index in [4.69, 9.17) is 10.5 Å². The lowest BCUT2D eigenvalue weighted by atomic mass is 10.0. The molecule has 2 aromatic heterocycles. The van der Waals surface area contributed by atoms with E-state index in [1.807, 2.05) is 18.3 Å². The van der Waals surface area contributed by atoms with E-state index < -0.39 is 0 Å². The fourth-order valence-electron chi connectivity index (χ4n) is 2.58. The van der Waals surface area contributed by atoms with E-state index in [1.54, 1.807) is 12.3 Å². The molecule has 0 saturated heterocycles. The number of nitrogens with two attached hydrogens (primary N) is 1. The van der Waals surface area contributed by atoms with E-state index in [9.17, 15) is 4.79 Å². The number of nitrogens with zero attached hydrogens (tertiary/aromatic N) is 2. The zero-order valence-corrected chi connectivity index (χ0v) is 11.6. The van der Waals surface area contributed by atoms with Crippen LogP contribution in [0.3, 0.4) is 0 Å². The summed E-state index contributed by atoms with van der Waals surface area (Å²) in [7, 11) is 0. The third-order valence-corrected chi connectivity index (χ3v) is 3.63. The number of aromatic amines is 1. The fraction of sp³-hybridized carbons (Fsp3) is 0.133. The maximum Gasteiger partial charge on any atom is 0.255 e. The summed E-state index contributed by atoms with van der Waals surface area (Å²) >= 11 is 0. The summed E-state index contributed by atoms with van der Waals surface area (Å²) < 4.78 is 5.64. The maximum absolute atomic E-state index is 11.9. The van der Waals surface area contributed by atoms with Crippen LogP contribution in [-0.4, -0.2) is 34.0 Å². The van der Waals surface area contributed by atoms with Crippen molar-refractivity contribution in [2.45, 2.75) is 0 Å². The minimum Gasteiger partial charge on any atom is -0.491 e. The molecule has 3 aromatic rings. The van der Waals surface area contributed by atoms with Gasteiger partial charge in [0, 0.05) is 23.3 Å². The molecule has 0 unspecified atom stereocenters. The molecule has 110 valence electrons. The van der Waals surface area contributed by atoms with Crippen LogP contribution in [0.5, 0.6) is 5.75 Å². The van der Waals surface area contributed by atoms with E-state index >= 15 is 0 Å². The van der Waals surface area contributed by atoms with Gasteiger partial charge in [0.25, 0.3) is 5.91 Å². The van der Waals surface area contributed by atoms with Crippen LogP contribution in [0.4, 0.5) is 5.95 Å². The van der Waals surface area contributed by atoms with Crippen LogP contribution < -0.4 is 15.8 Å². The second-order valence-electron chi connectivity index (χ2n) is 5.01. The summed E-state index contributed by atoms with van der Waals surface area (Å²) in [5.74, 6) is 0.690. The predicted octanol–water partition coefficient (Wildman–Crippen LogP) is 1.33. The molecule has 22 heavy (non-hydrogen) atoms. The second-order valence-corrected chi connectivity index (χ2v) is 5.01. The van der Waals surface area contributed by atoms with Gasteiger partial charge in [0.1, 0.15) is 18.0 Å². The summed E-state index contributed by atoms with van der Waals surface area (Å²) in [6.07, 6.45) is 3.53. The van der Waals surface area contributed by atoms with Crippen LogP contribution in [0, 0.1) is 0 Å². The molecule has 0 atom stereocenters. The van der Waals surface area contributed by atoms with Gasteiger partial charge in [-0.05, 0) is 17.7 Å². The van der Waals surface area contributed by atoms with Crippen molar-refractivity contribution in [3.63, 3.8) is 0 Å². The topological polar surface area (TPSA) is 106 Å². The van der Waals surface area contributed by atoms with E-state index in [0.717, 1.165) is 16.5 Å². The molecule has 0 spiro atoms. The number of anilines is 1. The summed E-state index contributed by atoms with van der Waals surface area (Å²) in [6.45, 7) is 0.957. The van der Waals surface area contributed by atoms with Crippen LogP contribution in [0.1, 0.15) is 10.4 Å². The minimum atomic E-state index is -0.117. The number of nitrogens with one attached hydrogen (secondary N) is 2. The number of carbonyl (C=O) groups is 1. The Morgan fingerprint density at radius 3 is 3.09 bits per heavy atom. The molecule has 4 N–H and O–H groups in total. The SMILES string of the molecule is Nc1ncc2c(-c3ccc4c(c3)OCCNC4=O)c[nH]c2n1. The minimum absolute atomic E-state index is 0.117. The molecule has 0 bridgehead atoms. The van der Waals surface area contributed by atoms with E-state index in [2.05, 4.69) is 20.3 Å². The van der Waals surface area contributed by atoms with Crippen LogP contribution in [0.25, 0.3) is 22.2 Å². The van der Waals surface area contributed by atoms with Crippen LogP contribution in [0.15, 0.2) is 30.6 Å². The number of amides is 1. The lowest BCUT2D eigenvalue weighted by molar-refractivity contribution is 0.0957. The van der Waals surface area contributed by atoms with Crippen molar-refractivity contribution < 1.29 is 9.53 Å². The van der Waals surface area contributed by atoms with E-state index in [-0.39, 0.29) is 11.9 Å². The molecule has 0 aliphatic carbocycles. The Morgan fingerprint density at radius 1 is 1.27 bits per heavy atom. The van der Waals surface area contributed by atoms with Gasteiger partial charge in [-0.2, -0.15) is 4.98 Å². The first-order valence-electron chi connectivity index (χ1n) is 6.87. The van der Waals surface area contributed by atoms with Gasteiger partial charge in [0.05, 0.1) is 12.1 Å². The molecule has 7 nitrogen and oxygen atoms in total. The Hall–Kier alpha value is -3.09. The summed E-state index contributed by atoms with van der Waals surface area (Å²) in [6, 6.07) is 5.51. The van der Waals surface area contributed by atoms with Gasteiger partial charge in [0.15, 0.2) is 0 Å². The van der Waals surface area contributed by atoms with E-state index in [1.165, 1.54) is 0 Å². The lowest BCUT2D eigenvalue weighted by Crippen LogP contribution is -2.24. The molecule has 1 aliphatic heterocycles. The normalized spacial score (nSPS) is 14.1. The number of hydrogen-bond donors (Lipinski definition) is 3. The fourth-order valence-corrected chi connectivity index (χ4v) is 2.58. The highest BCUT2D eigenvalue weighted by Crippen LogP contribution is 2.32. The highest BCUT2D eigenvalue weighted by Gasteiger charge is 2.18. The van der Waals surface area contributed by atoms with Crippen LogP contribution in [0.2, 0.25) is 0 Å². The quantitative estimate of drug-likeness (QED) is 0.628. The number of carbonyl (C=O) groups excluding carboxylic acids is 1. The highest BCUT2D eigenvalue weighted by atomic mass is 16.5. The first-order valence-corrected chi connectivity index (χ1v) is 6.87. The van der Waals surface area contributed by atoms with Crippen molar-refractivity contribution in [3.05, 3.63) is 36.2 Å². The van der Waals surface area contributed by atoms with Gasteiger partial charge in [-0.15, -0.1) is 0 Å². The number of fused-ring (bicyclic) bond motifs is 2. The predicted molar refractivity (Wildman–Crippen MR) is 81.6 cm³/mol. The van der Waals surface area contributed by atoms with Crippen molar-refractivity contribution in [1.82, 2.24) is 20.3 Å². The van der Waals surface area contributed by atoms with Crippen LogP contribution >= 0.6 is 0 Å². The summed E-state index contributed by atoms with van der Waals surface area (Å²) in [5, 5.41) is 3.65. The number of rotatable bonds is 1. The molecular weight excluding hydrogens is 282 g/mol. The average molecular weight is 295 g/mol. The Balaban J connectivity index is 1.85. The standard InChI is InChI=1S/C15H13N5O2/c16-15-19-7-11-10(6-18-13(11)20-15)8-1-2-9-12(5-8)22-4-3-17-14(9)21/h1-2,5-7H,3-4H2,(H,17,21)(H3,16,18,19,20). The number of hydrogen-bond acceptors (Lipinski definition) is 5. The van der Waals surface area contributed by atoms with Gasteiger partial charge in [-0.25, -0.2) is 4.98 Å². The summed E-state index contributed by atoms with van der Waals surface area (Å²) in [5.41, 5.74) is 8.67. The third-order valence-electron chi connectivity index (χ3n) is 3.63. The molecule has 7 heteroatoms. The van der Waals surface area contributed by atoms with Gasteiger partial charge in [-0.3, -0.25) is 4.79 Å². The molecule has 1 aliphatic rings. The van der Waals surface area contributed by atoms with Crippen molar-refractivity contribution in [3.8, 4) is 16.9 Å². The Bertz CT molecular complexity index is 887. The number of nitrogen functional groups attached to an aromatic ring is 1. The molecule has 1 aromatic carbocycles. The largest absolute Gasteiger partial charge is 0.491 e. The van der Waals surface area contributed by atoms with Crippen molar-refractivity contribution in [2.75, 3.05) is 18.9 Å². The zero-order valence-electron chi connectivity index (χ0n) is 11.6. The smallest absolute Gasteiger partial charge is 0.255 e. The van der Waals surface area contributed by atoms with Gasteiger partial charge in [0.2, 0.25) is 5.95 Å². The van der Waals surface area contributed by atoms with Gasteiger partial charge in [-0.1, -0.05) is 6.07 Å². The first kappa shape index (κ1) is 12.6. The number of aromatic nitrogens is 3. The van der Waals surface area contributed by atoms with Gasteiger partial charge >= 0.3 is 0 Å². The Morgan fingerprint density at radius 2 is 2.18 bits per heavy atom. The molecule has 0 radical (unpaired) electrons. The molecule has 0 saturated carbocycles. The first-order chi connectivity index (χ1) is 10.7. The van der Waals surface area contributed by atoms with Crippen molar-refractivity contribution in [2.24, 2.45) is 0 Å².